The Kier molecular flexibility index (Phi) is 6.75. The van der Waals surface area contributed by atoms with Crippen molar-refractivity contribution in [1.29, 1.82) is 0 Å². The van der Waals surface area contributed by atoms with Gasteiger partial charge in [-0.1, -0.05) is 11.2 Å². The summed E-state index contributed by atoms with van der Waals surface area (Å²) in [5.74, 6) is 1.29. The second-order valence-corrected chi connectivity index (χ2v) is 9.51. The van der Waals surface area contributed by atoms with E-state index < -0.39 is 21.7 Å². The number of terminal acetylenes is 1. The van der Waals surface area contributed by atoms with Gasteiger partial charge in [0.15, 0.2) is 5.58 Å². The van der Waals surface area contributed by atoms with Crippen LogP contribution >= 0.6 is 0 Å². The summed E-state index contributed by atoms with van der Waals surface area (Å²) in [5.41, 5.74) is 1.86. The van der Waals surface area contributed by atoms with Gasteiger partial charge in [0.05, 0.1) is 24.7 Å². The predicted octanol–water partition coefficient (Wildman–Crippen LogP) is 1.52. The fraction of sp³-hybridized carbons (Fsp3) is 0.167. The quantitative estimate of drug-likeness (QED) is 0.342. The third-order valence-corrected chi connectivity index (χ3v) is 6.95. The largest absolute Gasteiger partial charge is 0.496 e. The number of rotatable bonds is 8. The van der Waals surface area contributed by atoms with Crippen LogP contribution in [0.3, 0.4) is 0 Å². The Hall–Kier alpha value is -4.63. The molecule has 0 fully saturated rings. The van der Waals surface area contributed by atoms with Crippen LogP contribution in [0.4, 0.5) is 0 Å². The number of aromatic nitrogens is 3. The highest BCUT2D eigenvalue weighted by atomic mass is 32.2. The third kappa shape index (κ3) is 4.77. The van der Waals surface area contributed by atoms with Gasteiger partial charge in [0, 0.05) is 30.9 Å². The summed E-state index contributed by atoms with van der Waals surface area (Å²) in [4.78, 5) is 23.1. The standard InChI is InChI=1S/C24H21N5O6S/c1-4-21(30)26-11-16-12-27-29(14-16)13-15-8-19(34-3)22-20(9-15)35-28-24(22)36(32,33)18-7-5-6-17(10-18)23(31)25-2/h1,5-10,12,14H,11,13H2,2-3H3,(H,25,31)(H,26,30). The lowest BCUT2D eigenvalue weighted by Crippen LogP contribution is -2.20. The molecule has 2 aromatic carbocycles. The summed E-state index contributed by atoms with van der Waals surface area (Å²) in [6.45, 7) is 0.544. The van der Waals surface area contributed by atoms with Crippen LogP contribution in [0.5, 0.6) is 5.75 Å². The summed E-state index contributed by atoms with van der Waals surface area (Å²) in [7, 11) is -1.27. The summed E-state index contributed by atoms with van der Waals surface area (Å²) in [6, 6.07) is 8.95. The van der Waals surface area contributed by atoms with Crippen molar-refractivity contribution in [2.75, 3.05) is 14.2 Å². The minimum absolute atomic E-state index is 0.106. The van der Waals surface area contributed by atoms with Gasteiger partial charge in [-0.15, -0.1) is 6.42 Å². The number of amides is 2. The van der Waals surface area contributed by atoms with Gasteiger partial charge in [-0.3, -0.25) is 14.3 Å². The minimum atomic E-state index is -4.13. The molecule has 12 heteroatoms. The van der Waals surface area contributed by atoms with Gasteiger partial charge < -0.3 is 19.9 Å². The molecule has 0 bridgehead atoms. The monoisotopic (exact) mass is 507 g/mol. The Labute approximate surface area is 206 Å². The topological polar surface area (TPSA) is 145 Å². The molecule has 0 aliphatic heterocycles. The number of carbonyl (C=O) groups is 2. The van der Waals surface area contributed by atoms with Crippen LogP contribution in [0.25, 0.3) is 11.0 Å². The van der Waals surface area contributed by atoms with Crippen molar-refractivity contribution in [3.05, 3.63) is 65.5 Å². The summed E-state index contributed by atoms with van der Waals surface area (Å²) < 4.78 is 39.3. The maximum Gasteiger partial charge on any atom is 0.295 e. The molecular weight excluding hydrogens is 486 g/mol. The Bertz CT molecular complexity index is 1610. The zero-order valence-corrected chi connectivity index (χ0v) is 20.1. The van der Waals surface area contributed by atoms with Crippen LogP contribution in [0.2, 0.25) is 0 Å². The van der Waals surface area contributed by atoms with Crippen molar-refractivity contribution in [3.63, 3.8) is 0 Å². The van der Waals surface area contributed by atoms with Crippen LogP contribution in [-0.2, 0) is 27.7 Å². The zero-order chi connectivity index (χ0) is 25.9. The van der Waals surface area contributed by atoms with E-state index in [0.29, 0.717) is 12.1 Å². The third-order valence-electron chi connectivity index (χ3n) is 5.29. The van der Waals surface area contributed by atoms with Crippen molar-refractivity contribution < 1.29 is 27.3 Å². The van der Waals surface area contributed by atoms with Crippen molar-refractivity contribution >= 4 is 32.6 Å². The van der Waals surface area contributed by atoms with Gasteiger partial charge in [-0.25, -0.2) is 8.42 Å². The number of carbonyl (C=O) groups excluding carboxylic acids is 2. The van der Waals surface area contributed by atoms with E-state index in [1.807, 2.05) is 5.92 Å². The molecule has 0 radical (unpaired) electrons. The first-order valence-corrected chi connectivity index (χ1v) is 12.0. The minimum Gasteiger partial charge on any atom is -0.496 e. The van der Waals surface area contributed by atoms with E-state index in [-0.39, 0.29) is 38.7 Å². The predicted molar refractivity (Wildman–Crippen MR) is 128 cm³/mol. The summed E-state index contributed by atoms with van der Waals surface area (Å²) in [5, 5.41) is 13.0. The van der Waals surface area contributed by atoms with E-state index in [9.17, 15) is 18.0 Å². The molecule has 2 N–H and O–H groups in total. The molecule has 0 spiro atoms. The molecule has 0 unspecified atom stereocenters. The number of nitrogens with one attached hydrogen (secondary N) is 2. The molecule has 0 saturated heterocycles. The Morgan fingerprint density at radius 2 is 2.03 bits per heavy atom. The number of nitrogens with zero attached hydrogens (tertiary/aromatic N) is 3. The van der Waals surface area contributed by atoms with Crippen molar-refractivity contribution in [1.82, 2.24) is 25.6 Å². The molecule has 36 heavy (non-hydrogen) atoms. The van der Waals surface area contributed by atoms with Crippen LogP contribution < -0.4 is 15.4 Å². The molecule has 2 heterocycles. The summed E-state index contributed by atoms with van der Waals surface area (Å²) >= 11 is 0. The fourth-order valence-electron chi connectivity index (χ4n) is 3.56. The molecule has 4 aromatic rings. The lowest BCUT2D eigenvalue weighted by molar-refractivity contribution is -0.115. The van der Waals surface area contributed by atoms with Crippen LogP contribution in [0, 0.1) is 12.3 Å². The first-order valence-electron chi connectivity index (χ1n) is 10.6. The Morgan fingerprint density at radius 1 is 1.22 bits per heavy atom. The van der Waals surface area contributed by atoms with E-state index in [1.54, 1.807) is 29.2 Å². The second-order valence-electron chi connectivity index (χ2n) is 7.64. The van der Waals surface area contributed by atoms with Crippen molar-refractivity contribution in [2.24, 2.45) is 0 Å². The number of hydrogen-bond donors (Lipinski definition) is 2. The van der Waals surface area contributed by atoms with Crippen LogP contribution in [0.1, 0.15) is 21.5 Å². The maximum absolute atomic E-state index is 13.4. The molecular formula is C24H21N5O6S. The maximum atomic E-state index is 13.4. The SMILES string of the molecule is C#CC(=O)NCc1cnn(Cc2cc(OC)c3c(S(=O)(=O)c4cccc(C(=O)NC)c4)noc3c2)c1. The van der Waals surface area contributed by atoms with Gasteiger partial charge in [-0.2, -0.15) is 5.10 Å². The molecule has 4 rings (SSSR count). The number of benzene rings is 2. The molecule has 0 aliphatic carbocycles. The van der Waals surface area contributed by atoms with Crippen LogP contribution in [-0.4, -0.2) is 49.3 Å². The number of fused-ring (bicyclic) bond motifs is 1. The highest BCUT2D eigenvalue weighted by Crippen LogP contribution is 2.35. The van der Waals surface area contributed by atoms with Gasteiger partial charge in [0.25, 0.3) is 11.8 Å². The first kappa shape index (κ1) is 24.5. The second kappa shape index (κ2) is 9.93. The van der Waals surface area contributed by atoms with Crippen LogP contribution in [0.15, 0.2) is 63.2 Å². The van der Waals surface area contributed by atoms with Gasteiger partial charge in [-0.05, 0) is 41.8 Å². The molecule has 0 atom stereocenters. The molecule has 184 valence electrons. The number of hydrogen-bond acceptors (Lipinski definition) is 8. The van der Waals surface area contributed by atoms with Crippen molar-refractivity contribution in [2.45, 2.75) is 23.0 Å². The van der Waals surface area contributed by atoms with Gasteiger partial charge in [0.2, 0.25) is 14.9 Å². The lowest BCUT2D eigenvalue weighted by atomic mass is 10.1. The molecule has 2 aromatic heterocycles. The highest BCUT2D eigenvalue weighted by Gasteiger charge is 2.28. The first-order chi connectivity index (χ1) is 17.3. The Morgan fingerprint density at radius 3 is 2.75 bits per heavy atom. The number of ether oxygens (including phenoxy) is 1. The van der Waals surface area contributed by atoms with Gasteiger partial charge in [0.1, 0.15) is 11.1 Å². The smallest absolute Gasteiger partial charge is 0.295 e. The molecule has 2 amide bonds. The van der Waals surface area contributed by atoms with E-state index in [1.165, 1.54) is 38.4 Å². The molecule has 0 saturated carbocycles. The zero-order valence-electron chi connectivity index (χ0n) is 19.3. The van der Waals surface area contributed by atoms with E-state index in [0.717, 1.165) is 5.56 Å². The number of sulfone groups is 1. The lowest BCUT2D eigenvalue weighted by Gasteiger charge is -2.08. The van der Waals surface area contributed by atoms with E-state index >= 15 is 0 Å². The average Bonchev–Trinajstić information content (AvgIpc) is 3.53. The fourth-order valence-corrected chi connectivity index (χ4v) is 4.93. The summed E-state index contributed by atoms with van der Waals surface area (Å²) in [6.07, 6.45) is 8.37. The average molecular weight is 508 g/mol. The van der Waals surface area contributed by atoms with Gasteiger partial charge >= 0.3 is 0 Å². The Balaban J connectivity index is 1.66. The number of methoxy groups -OCH3 is 1. The van der Waals surface area contributed by atoms with E-state index in [2.05, 4.69) is 20.9 Å². The van der Waals surface area contributed by atoms with Crippen molar-refractivity contribution in [3.8, 4) is 18.1 Å². The molecule has 11 nitrogen and oxygen atoms in total. The normalized spacial score (nSPS) is 11.1. The molecule has 0 aliphatic rings. The highest BCUT2D eigenvalue weighted by molar-refractivity contribution is 7.91. The van der Waals surface area contributed by atoms with E-state index in [4.69, 9.17) is 15.7 Å².